The van der Waals surface area contributed by atoms with E-state index in [4.69, 9.17) is 0 Å². The summed E-state index contributed by atoms with van der Waals surface area (Å²) in [7, 11) is 0. The summed E-state index contributed by atoms with van der Waals surface area (Å²) < 4.78 is 0. The number of amides is 1. The summed E-state index contributed by atoms with van der Waals surface area (Å²) >= 11 is 0. The van der Waals surface area contributed by atoms with Gasteiger partial charge in [0.05, 0.1) is 18.8 Å². The van der Waals surface area contributed by atoms with Crippen LogP contribution in [0.15, 0.2) is 48.6 Å². The number of allylic oxidation sites excluding steroid dienone is 7. The maximum absolute atomic E-state index is 12.3. The highest BCUT2D eigenvalue weighted by atomic mass is 16.3. The van der Waals surface area contributed by atoms with Crippen molar-refractivity contribution >= 4 is 5.91 Å². The molecule has 0 aromatic rings. The average Bonchev–Trinajstić information content (AvgIpc) is 3.04. The Hall–Kier alpha value is -1.65. The van der Waals surface area contributed by atoms with Crippen LogP contribution in [-0.4, -0.2) is 34.9 Å². The van der Waals surface area contributed by atoms with Gasteiger partial charge in [0.2, 0.25) is 5.91 Å². The van der Waals surface area contributed by atoms with Gasteiger partial charge >= 0.3 is 0 Å². The fourth-order valence-corrected chi connectivity index (χ4v) is 5.50. The molecule has 0 radical (unpaired) electrons. The normalized spacial score (nSPS) is 13.6. The fourth-order valence-electron chi connectivity index (χ4n) is 5.50. The lowest BCUT2D eigenvalue weighted by molar-refractivity contribution is -0.123. The van der Waals surface area contributed by atoms with Crippen LogP contribution in [0.2, 0.25) is 0 Å². The van der Waals surface area contributed by atoms with Gasteiger partial charge in [0.15, 0.2) is 0 Å². The van der Waals surface area contributed by atoms with Crippen LogP contribution in [0.1, 0.15) is 187 Å². The number of carbonyl (C=O) groups is 1. The molecule has 4 nitrogen and oxygen atoms in total. The molecule has 45 heavy (non-hydrogen) atoms. The molecule has 0 spiro atoms. The van der Waals surface area contributed by atoms with E-state index in [0.717, 1.165) is 51.4 Å². The number of carbonyl (C=O) groups excluding carboxylic acids is 1. The smallest absolute Gasteiger partial charge is 0.220 e. The number of rotatable bonds is 34. The SMILES string of the molecule is CCCCCCCC/C=C\CCCCCCCC(=O)NC(CO)C(O)/C=C/CC/C=C/CC/C=C/CCCCCCCCCC. The maximum Gasteiger partial charge on any atom is 0.220 e. The zero-order chi connectivity index (χ0) is 32.9. The second-order valence-corrected chi connectivity index (χ2v) is 13.0. The van der Waals surface area contributed by atoms with Crippen molar-refractivity contribution in [3.05, 3.63) is 48.6 Å². The molecular formula is C41H75NO3. The quantitative estimate of drug-likeness (QED) is 0.0490. The first-order chi connectivity index (χ1) is 22.2. The number of nitrogens with one attached hydrogen (secondary N) is 1. The molecule has 0 aromatic carbocycles. The molecule has 2 atom stereocenters. The van der Waals surface area contributed by atoms with Crippen LogP contribution in [0, 0.1) is 0 Å². The van der Waals surface area contributed by atoms with Crippen molar-refractivity contribution in [2.24, 2.45) is 0 Å². The number of aliphatic hydroxyl groups excluding tert-OH is 2. The molecule has 4 heteroatoms. The fraction of sp³-hybridized carbons (Fsp3) is 0.780. The second-order valence-electron chi connectivity index (χ2n) is 13.0. The van der Waals surface area contributed by atoms with E-state index in [9.17, 15) is 15.0 Å². The van der Waals surface area contributed by atoms with Gasteiger partial charge < -0.3 is 15.5 Å². The largest absolute Gasteiger partial charge is 0.394 e. The van der Waals surface area contributed by atoms with E-state index in [1.165, 1.54) is 116 Å². The van der Waals surface area contributed by atoms with Gasteiger partial charge in [-0.15, -0.1) is 0 Å². The monoisotopic (exact) mass is 630 g/mol. The molecule has 0 aromatic heterocycles. The summed E-state index contributed by atoms with van der Waals surface area (Å²) in [6, 6.07) is -0.648. The van der Waals surface area contributed by atoms with E-state index in [1.807, 2.05) is 6.08 Å². The predicted molar refractivity (Wildman–Crippen MR) is 198 cm³/mol. The maximum atomic E-state index is 12.3. The molecule has 0 heterocycles. The molecule has 0 bridgehead atoms. The van der Waals surface area contributed by atoms with Gasteiger partial charge in [-0.1, -0.05) is 159 Å². The Bertz CT molecular complexity index is 726. The van der Waals surface area contributed by atoms with Gasteiger partial charge in [-0.3, -0.25) is 4.79 Å². The second kappa shape index (κ2) is 36.8. The van der Waals surface area contributed by atoms with Crippen molar-refractivity contribution in [3.63, 3.8) is 0 Å². The summed E-state index contributed by atoms with van der Waals surface area (Å²) in [5.74, 6) is -0.0890. The summed E-state index contributed by atoms with van der Waals surface area (Å²) in [5, 5.41) is 22.9. The molecule has 262 valence electrons. The first kappa shape index (κ1) is 43.4. The zero-order valence-corrected chi connectivity index (χ0v) is 29.9. The summed E-state index contributed by atoms with van der Waals surface area (Å²) in [6.45, 7) is 4.27. The van der Waals surface area contributed by atoms with Crippen LogP contribution >= 0.6 is 0 Å². The number of unbranched alkanes of at least 4 members (excludes halogenated alkanes) is 21. The molecule has 2 unspecified atom stereocenters. The van der Waals surface area contributed by atoms with Gasteiger partial charge in [0.25, 0.3) is 0 Å². The molecule has 0 rings (SSSR count). The molecule has 0 aliphatic carbocycles. The van der Waals surface area contributed by atoms with Gasteiger partial charge in [0, 0.05) is 6.42 Å². The van der Waals surface area contributed by atoms with Crippen LogP contribution in [0.3, 0.4) is 0 Å². The van der Waals surface area contributed by atoms with Crippen LogP contribution in [0.5, 0.6) is 0 Å². The summed E-state index contributed by atoms with van der Waals surface area (Å²) in [5.41, 5.74) is 0. The Morgan fingerprint density at radius 3 is 1.29 bits per heavy atom. The third-order valence-electron chi connectivity index (χ3n) is 8.51. The minimum Gasteiger partial charge on any atom is -0.394 e. The molecule has 0 saturated carbocycles. The Kier molecular flexibility index (Phi) is 35.5. The van der Waals surface area contributed by atoms with Crippen LogP contribution in [0.25, 0.3) is 0 Å². The van der Waals surface area contributed by atoms with Crippen molar-refractivity contribution in [2.45, 2.75) is 199 Å². The van der Waals surface area contributed by atoms with Crippen molar-refractivity contribution < 1.29 is 15.0 Å². The first-order valence-corrected chi connectivity index (χ1v) is 19.4. The van der Waals surface area contributed by atoms with Gasteiger partial charge in [-0.2, -0.15) is 0 Å². The molecule has 1 amide bonds. The van der Waals surface area contributed by atoms with E-state index in [0.29, 0.717) is 6.42 Å². The molecule has 0 aliphatic heterocycles. The van der Waals surface area contributed by atoms with Gasteiger partial charge in [-0.25, -0.2) is 0 Å². The average molecular weight is 630 g/mol. The lowest BCUT2D eigenvalue weighted by Crippen LogP contribution is -2.45. The Balaban J connectivity index is 3.72. The highest BCUT2D eigenvalue weighted by molar-refractivity contribution is 5.76. The van der Waals surface area contributed by atoms with Crippen molar-refractivity contribution in [3.8, 4) is 0 Å². The predicted octanol–water partition coefficient (Wildman–Crippen LogP) is 11.6. The summed E-state index contributed by atoms with van der Waals surface area (Å²) in [6.07, 6.45) is 49.1. The third kappa shape index (κ3) is 33.5. The van der Waals surface area contributed by atoms with Crippen LogP contribution < -0.4 is 5.32 Å². The first-order valence-electron chi connectivity index (χ1n) is 19.4. The van der Waals surface area contributed by atoms with Gasteiger partial charge in [0.1, 0.15) is 0 Å². The molecule has 0 saturated heterocycles. The molecular weight excluding hydrogens is 554 g/mol. The summed E-state index contributed by atoms with van der Waals surface area (Å²) in [4.78, 5) is 12.3. The molecule has 0 aliphatic rings. The highest BCUT2D eigenvalue weighted by Crippen LogP contribution is 2.12. The standard InChI is InChI=1S/C41H75NO3/c1-3-5-7-9-11-13-15-17-19-20-21-23-24-26-28-30-32-34-36-40(44)39(38-43)42-41(45)37-35-33-31-29-27-25-22-18-16-14-12-10-8-6-4-2/h18,20-22,26,28,34,36,39-40,43-44H,3-17,19,23-25,27,29-33,35,37-38H2,1-2H3,(H,42,45)/b21-20+,22-18-,28-26+,36-34+. The van der Waals surface area contributed by atoms with Crippen LogP contribution in [0.4, 0.5) is 0 Å². The minimum atomic E-state index is -0.872. The van der Waals surface area contributed by atoms with Crippen molar-refractivity contribution in [1.29, 1.82) is 0 Å². The van der Waals surface area contributed by atoms with Crippen molar-refractivity contribution in [1.82, 2.24) is 5.32 Å². The van der Waals surface area contributed by atoms with E-state index in [2.05, 4.69) is 55.6 Å². The number of aliphatic hydroxyl groups is 2. The zero-order valence-electron chi connectivity index (χ0n) is 29.9. The van der Waals surface area contributed by atoms with Gasteiger partial charge in [-0.05, 0) is 70.6 Å². The molecule has 3 N–H and O–H groups in total. The number of hydrogen-bond donors (Lipinski definition) is 3. The highest BCUT2D eigenvalue weighted by Gasteiger charge is 2.17. The lowest BCUT2D eigenvalue weighted by Gasteiger charge is -2.19. The number of hydrogen-bond acceptors (Lipinski definition) is 3. The lowest BCUT2D eigenvalue weighted by atomic mass is 10.1. The minimum absolute atomic E-state index is 0.0890. The van der Waals surface area contributed by atoms with Crippen LogP contribution in [-0.2, 0) is 4.79 Å². The van der Waals surface area contributed by atoms with E-state index < -0.39 is 12.1 Å². The Morgan fingerprint density at radius 2 is 0.867 bits per heavy atom. The Labute approximate surface area is 280 Å². The van der Waals surface area contributed by atoms with Crippen molar-refractivity contribution in [2.75, 3.05) is 6.61 Å². The topological polar surface area (TPSA) is 69.6 Å². The van der Waals surface area contributed by atoms with E-state index >= 15 is 0 Å². The van der Waals surface area contributed by atoms with E-state index in [1.54, 1.807) is 6.08 Å². The van der Waals surface area contributed by atoms with E-state index in [-0.39, 0.29) is 12.5 Å². The molecule has 0 fully saturated rings. The third-order valence-corrected chi connectivity index (χ3v) is 8.51. The Morgan fingerprint density at radius 1 is 0.511 bits per heavy atom.